The maximum absolute atomic E-state index is 5.26. The van der Waals surface area contributed by atoms with Crippen LogP contribution in [0.5, 0.6) is 5.75 Å². The molecule has 126 valence electrons. The molecule has 2 aliphatic rings. The van der Waals surface area contributed by atoms with Crippen molar-refractivity contribution in [3.05, 3.63) is 59.9 Å². The second-order valence-electron chi connectivity index (χ2n) is 6.99. The van der Waals surface area contributed by atoms with Gasteiger partial charge in [-0.05, 0) is 60.7 Å². The van der Waals surface area contributed by atoms with Crippen molar-refractivity contribution in [3.8, 4) is 5.75 Å². The van der Waals surface area contributed by atoms with Crippen LogP contribution in [-0.2, 0) is 13.1 Å². The third-order valence-electron chi connectivity index (χ3n) is 5.42. The number of nitrogens with zero attached hydrogens (tertiary/aromatic N) is 2. The van der Waals surface area contributed by atoms with E-state index in [0.717, 1.165) is 42.3 Å². The smallest absolute Gasteiger partial charge is 0.118 e. The van der Waals surface area contributed by atoms with Gasteiger partial charge in [-0.15, -0.1) is 0 Å². The molecule has 1 aromatic carbocycles. The molecule has 1 saturated heterocycles. The summed E-state index contributed by atoms with van der Waals surface area (Å²) in [6.45, 7) is 5.45. The first-order valence-corrected chi connectivity index (χ1v) is 8.79. The predicted octanol–water partition coefficient (Wildman–Crippen LogP) is 2.56. The maximum Gasteiger partial charge on any atom is 0.118 e. The molecule has 2 aromatic rings. The summed E-state index contributed by atoms with van der Waals surface area (Å²) in [5.41, 5.74) is 2.48. The molecule has 0 radical (unpaired) electrons. The molecule has 1 N–H and O–H groups in total. The molecule has 0 spiro atoms. The van der Waals surface area contributed by atoms with Crippen molar-refractivity contribution in [1.82, 2.24) is 15.2 Å². The van der Waals surface area contributed by atoms with Gasteiger partial charge in [0.05, 0.1) is 12.8 Å². The lowest BCUT2D eigenvalue weighted by Gasteiger charge is -2.23. The van der Waals surface area contributed by atoms with Crippen molar-refractivity contribution in [2.45, 2.75) is 13.1 Å². The van der Waals surface area contributed by atoms with Crippen molar-refractivity contribution in [3.63, 3.8) is 0 Å². The SMILES string of the molecule is COc1ccc(CN(Cc2ccccn2)CC2[C@H]3CNC[C@@H]23)cc1. The van der Waals surface area contributed by atoms with Crippen LogP contribution in [0.1, 0.15) is 11.3 Å². The minimum absolute atomic E-state index is 0.855. The minimum Gasteiger partial charge on any atom is -0.497 e. The normalized spacial score (nSPS) is 24.8. The summed E-state index contributed by atoms with van der Waals surface area (Å²) in [6, 6.07) is 14.6. The number of aromatic nitrogens is 1. The van der Waals surface area contributed by atoms with Crippen molar-refractivity contribution in [2.75, 3.05) is 26.7 Å². The number of pyridine rings is 1. The van der Waals surface area contributed by atoms with Gasteiger partial charge in [0.1, 0.15) is 5.75 Å². The Hall–Kier alpha value is -1.91. The van der Waals surface area contributed by atoms with Crippen molar-refractivity contribution in [1.29, 1.82) is 0 Å². The number of hydrogen-bond acceptors (Lipinski definition) is 4. The summed E-state index contributed by atoms with van der Waals surface area (Å²) in [5, 5.41) is 3.49. The number of ether oxygens (including phenoxy) is 1. The summed E-state index contributed by atoms with van der Waals surface area (Å²) in [7, 11) is 1.71. The average molecular weight is 323 g/mol. The Morgan fingerprint density at radius 3 is 2.54 bits per heavy atom. The molecule has 1 aliphatic heterocycles. The van der Waals surface area contributed by atoms with Crippen LogP contribution in [-0.4, -0.2) is 36.6 Å². The number of nitrogens with one attached hydrogen (secondary N) is 1. The van der Waals surface area contributed by atoms with Gasteiger partial charge >= 0.3 is 0 Å². The van der Waals surface area contributed by atoms with Gasteiger partial charge in [-0.1, -0.05) is 18.2 Å². The van der Waals surface area contributed by atoms with Crippen LogP contribution < -0.4 is 10.1 Å². The third kappa shape index (κ3) is 3.45. The average Bonchev–Trinajstić information content (AvgIpc) is 3.05. The lowest BCUT2D eigenvalue weighted by Crippen LogP contribution is -2.28. The van der Waals surface area contributed by atoms with Crippen molar-refractivity contribution in [2.24, 2.45) is 17.8 Å². The van der Waals surface area contributed by atoms with E-state index in [1.165, 1.54) is 25.2 Å². The van der Waals surface area contributed by atoms with E-state index in [-0.39, 0.29) is 0 Å². The van der Waals surface area contributed by atoms with Crippen LogP contribution in [0.4, 0.5) is 0 Å². The highest BCUT2D eigenvalue weighted by atomic mass is 16.5. The Morgan fingerprint density at radius 2 is 1.88 bits per heavy atom. The van der Waals surface area contributed by atoms with E-state index in [9.17, 15) is 0 Å². The summed E-state index contributed by atoms with van der Waals surface area (Å²) < 4.78 is 5.26. The van der Waals surface area contributed by atoms with Crippen LogP contribution in [0.15, 0.2) is 48.7 Å². The number of piperidine rings is 1. The van der Waals surface area contributed by atoms with Gasteiger partial charge in [0, 0.05) is 25.8 Å². The molecule has 1 aromatic heterocycles. The molecule has 1 saturated carbocycles. The predicted molar refractivity (Wildman–Crippen MR) is 94.7 cm³/mol. The number of fused-ring (bicyclic) bond motifs is 1. The Bertz CT molecular complexity index is 648. The zero-order valence-corrected chi connectivity index (χ0v) is 14.2. The molecular weight excluding hydrogens is 298 g/mol. The first-order chi connectivity index (χ1) is 11.8. The minimum atomic E-state index is 0.855. The van der Waals surface area contributed by atoms with E-state index in [4.69, 9.17) is 4.74 Å². The highest BCUT2D eigenvalue weighted by Crippen LogP contribution is 2.49. The first kappa shape index (κ1) is 15.6. The molecule has 24 heavy (non-hydrogen) atoms. The van der Waals surface area contributed by atoms with Gasteiger partial charge in [0.2, 0.25) is 0 Å². The topological polar surface area (TPSA) is 37.4 Å². The Morgan fingerprint density at radius 1 is 1.08 bits per heavy atom. The molecule has 1 aliphatic carbocycles. The van der Waals surface area contributed by atoms with Gasteiger partial charge in [0.15, 0.2) is 0 Å². The van der Waals surface area contributed by atoms with Gasteiger partial charge in [-0.25, -0.2) is 0 Å². The van der Waals surface area contributed by atoms with Gasteiger partial charge < -0.3 is 10.1 Å². The first-order valence-electron chi connectivity index (χ1n) is 8.79. The van der Waals surface area contributed by atoms with Crippen LogP contribution >= 0.6 is 0 Å². The van der Waals surface area contributed by atoms with E-state index < -0.39 is 0 Å². The van der Waals surface area contributed by atoms with Crippen LogP contribution in [0, 0.1) is 17.8 Å². The zero-order valence-electron chi connectivity index (χ0n) is 14.2. The van der Waals surface area contributed by atoms with Crippen LogP contribution in [0.2, 0.25) is 0 Å². The molecule has 4 heteroatoms. The third-order valence-corrected chi connectivity index (χ3v) is 5.42. The van der Waals surface area contributed by atoms with E-state index in [1.54, 1.807) is 7.11 Å². The molecule has 3 atom stereocenters. The maximum atomic E-state index is 5.26. The van der Waals surface area contributed by atoms with Crippen LogP contribution in [0.3, 0.4) is 0 Å². The van der Waals surface area contributed by atoms with E-state index in [0.29, 0.717) is 0 Å². The number of methoxy groups -OCH3 is 1. The second kappa shape index (κ2) is 6.91. The Kier molecular flexibility index (Phi) is 4.50. The standard InChI is InChI=1S/C20H25N3O/c1-24-17-7-5-15(6-8-17)12-23(13-16-4-2-3-9-22-16)14-20-18-10-21-11-19(18)20/h2-9,18-21H,10-14H2,1H3/t18-,19+,20?. The quantitative estimate of drug-likeness (QED) is 0.850. The van der Waals surface area contributed by atoms with Crippen molar-refractivity contribution >= 4 is 0 Å². The van der Waals surface area contributed by atoms with Gasteiger partial charge in [0.25, 0.3) is 0 Å². The molecule has 2 fully saturated rings. The van der Waals surface area contributed by atoms with Crippen LogP contribution in [0.25, 0.3) is 0 Å². The molecule has 4 rings (SSSR count). The fraction of sp³-hybridized carbons (Fsp3) is 0.450. The summed E-state index contributed by atoms with van der Waals surface area (Å²) in [6.07, 6.45) is 1.89. The largest absolute Gasteiger partial charge is 0.497 e. The lowest BCUT2D eigenvalue weighted by molar-refractivity contribution is 0.232. The van der Waals surface area contributed by atoms with E-state index in [1.807, 2.05) is 24.4 Å². The van der Waals surface area contributed by atoms with E-state index in [2.05, 4.69) is 39.5 Å². The lowest BCUT2D eigenvalue weighted by atomic mass is 10.1. The number of hydrogen-bond donors (Lipinski definition) is 1. The highest BCUT2D eigenvalue weighted by Gasteiger charge is 2.52. The zero-order chi connectivity index (χ0) is 16.4. The Balaban J connectivity index is 1.44. The number of rotatable bonds is 7. The molecular formula is C20H25N3O. The van der Waals surface area contributed by atoms with Crippen molar-refractivity contribution < 1.29 is 4.74 Å². The highest BCUT2D eigenvalue weighted by molar-refractivity contribution is 5.27. The Labute approximate surface area is 143 Å². The fourth-order valence-electron chi connectivity index (χ4n) is 4.01. The van der Waals surface area contributed by atoms with Gasteiger partial charge in [-0.2, -0.15) is 0 Å². The second-order valence-corrected chi connectivity index (χ2v) is 6.99. The number of benzene rings is 1. The van der Waals surface area contributed by atoms with E-state index >= 15 is 0 Å². The molecule has 1 unspecified atom stereocenters. The summed E-state index contributed by atoms with van der Waals surface area (Å²) in [5.74, 6) is 3.56. The molecule has 4 nitrogen and oxygen atoms in total. The summed E-state index contributed by atoms with van der Waals surface area (Å²) in [4.78, 5) is 7.06. The monoisotopic (exact) mass is 323 g/mol. The fourth-order valence-corrected chi connectivity index (χ4v) is 4.01. The van der Waals surface area contributed by atoms with Gasteiger partial charge in [-0.3, -0.25) is 9.88 Å². The molecule has 0 amide bonds. The molecule has 2 heterocycles. The molecule has 0 bridgehead atoms. The summed E-state index contributed by atoms with van der Waals surface area (Å²) >= 11 is 0.